The molecule has 1 aromatic carbocycles. The van der Waals surface area contributed by atoms with Gasteiger partial charge in [-0.05, 0) is 25.0 Å². The zero-order valence-electron chi connectivity index (χ0n) is 11.8. The minimum atomic E-state index is -0.594. The summed E-state index contributed by atoms with van der Waals surface area (Å²) in [4.78, 5) is 30.4. The molecule has 0 fully saturated rings. The Hall–Kier alpha value is -2.37. The summed E-state index contributed by atoms with van der Waals surface area (Å²) in [7, 11) is 0. The van der Waals surface area contributed by atoms with Gasteiger partial charge in [-0.15, -0.1) is 0 Å². The second-order valence-electron chi connectivity index (χ2n) is 5.12. The first-order valence-corrected chi connectivity index (χ1v) is 6.51. The first kappa shape index (κ1) is 14.0. The normalized spacial score (nSPS) is 10.8. The molecule has 0 radical (unpaired) electrons. The van der Waals surface area contributed by atoms with Crippen molar-refractivity contribution in [2.45, 2.75) is 20.8 Å². The van der Waals surface area contributed by atoms with Gasteiger partial charge in [0.2, 0.25) is 5.95 Å². The van der Waals surface area contributed by atoms with E-state index >= 15 is 0 Å². The molecule has 20 heavy (non-hydrogen) atoms. The van der Waals surface area contributed by atoms with E-state index < -0.39 is 11.4 Å². The third kappa shape index (κ3) is 3.14. The van der Waals surface area contributed by atoms with Crippen LogP contribution in [0.15, 0.2) is 33.9 Å². The molecule has 0 amide bonds. The maximum absolute atomic E-state index is 12.0. The number of hydrogen-bond acceptors (Lipinski definition) is 4. The summed E-state index contributed by atoms with van der Waals surface area (Å²) >= 11 is 0. The van der Waals surface area contributed by atoms with Crippen LogP contribution in [-0.2, 0) is 0 Å². The van der Waals surface area contributed by atoms with Gasteiger partial charge >= 0.3 is 11.4 Å². The van der Waals surface area contributed by atoms with Gasteiger partial charge in [0.1, 0.15) is 0 Å². The molecule has 0 bridgehead atoms. The lowest BCUT2D eigenvalue weighted by atomic mass is 10.2. The highest BCUT2D eigenvalue weighted by Gasteiger charge is 2.08. The van der Waals surface area contributed by atoms with E-state index in [-0.39, 0.29) is 5.95 Å². The van der Waals surface area contributed by atoms with Gasteiger partial charge in [-0.25, -0.2) is 14.2 Å². The number of aromatic nitrogens is 3. The summed E-state index contributed by atoms with van der Waals surface area (Å²) in [5.74, 6) is 0.594. The largest absolute Gasteiger partial charge is 0.359 e. The Balaban J connectivity index is 2.39. The molecule has 0 aliphatic rings. The van der Waals surface area contributed by atoms with Crippen molar-refractivity contribution in [1.29, 1.82) is 0 Å². The maximum Gasteiger partial charge on any atom is 0.359 e. The van der Waals surface area contributed by atoms with E-state index in [1.54, 1.807) is 12.1 Å². The van der Waals surface area contributed by atoms with E-state index in [9.17, 15) is 9.59 Å². The molecule has 6 heteroatoms. The van der Waals surface area contributed by atoms with Gasteiger partial charge in [0.15, 0.2) is 0 Å². The van der Waals surface area contributed by atoms with Crippen LogP contribution in [0.5, 0.6) is 0 Å². The first-order chi connectivity index (χ1) is 9.47. The SMILES string of the molecule is Cc1ccc(-n2c(=O)nc(NCC(C)C)[nH]c2=O)cc1. The number of aromatic amines is 1. The van der Waals surface area contributed by atoms with E-state index in [2.05, 4.69) is 15.3 Å². The molecule has 6 nitrogen and oxygen atoms in total. The van der Waals surface area contributed by atoms with Crippen molar-refractivity contribution in [3.63, 3.8) is 0 Å². The Morgan fingerprint density at radius 3 is 2.45 bits per heavy atom. The molecular weight excluding hydrogens is 256 g/mol. The number of benzene rings is 1. The average Bonchev–Trinajstić information content (AvgIpc) is 2.38. The molecule has 0 unspecified atom stereocenters. The number of nitrogens with zero attached hydrogens (tertiary/aromatic N) is 2. The Bertz CT molecular complexity index is 667. The third-order valence-electron chi connectivity index (χ3n) is 2.80. The van der Waals surface area contributed by atoms with Crippen LogP contribution in [0.3, 0.4) is 0 Å². The van der Waals surface area contributed by atoms with Gasteiger partial charge in [-0.1, -0.05) is 31.5 Å². The fraction of sp³-hybridized carbons (Fsp3) is 0.357. The lowest BCUT2D eigenvalue weighted by molar-refractivity contribution is 0.680. The Kier molecular flexibility index (Phi) is 4.02. The molecule has 1 aromatic heterocycles. The number of hydrogen-bond donors (Lipinski definition) is 2. The number of anilines is 1. The summed E-state index contributed by atoms with van der Waals surface area (Å²) in [5, 5.41) is 2.93. The van der Waals surface area contributed by atoms with Crippen molar-refractivity contribution < 1.29 is 0 Å². The van der Waals surface area contributed by atoms with Crippen LogP contribution >= 0.6 is 0 Å². The number of H-pyrrole nitrogens is 1. The van der Waals surface area contributed by atoms with Crippen LogP contribution in [0.1, 0.15) is 19.4 Å². The minimum Gasteiger partial charge on any atom is -0.355 e. The Morgan fingerprint density at radius 1 is 1.25 bits per heavy atom. The number of rotatable bonds is 4. The second kappa shape index (κ2) is 5.73. The summed E-state index contributed by atoms with van der Waals surface area (Å²) in [6, 6.07) is 7.11. The highest BCUT2D eigenvalue weighted by molar-refractivity contribution is 5.34. The molecule has 2 rings (SSSR count). The zero-order chi connectivity index (χ0) is 14.7. The minimum absolute atomic E-state index is 0.206. The molecule has 0 atom stereocenters. The lowest BCUT2D eigenvalue weighted by Crippen LogP contribution is -2.36. The van der Waals surface area contributed by atoms with E-state index in [4.69, 9.17) is 0 Å². The maximum atomic E-state index is 12.0. The van der Waals surface area contributed by atoms with Crippen LogP contribution in [0.25, 0.3) is 5.69 Å². The predicted molar refractivity (Wildman–Crippen MR) is 78.5 cm³/mol. The van der Waals surface area contributed by atoms with Crippen molar-refractivity contribution in [3.05, 3.63) is 50.8 Å². The van der Waals surface area contributed by atoms with Crippen LogP contribution in [0.4, 0.5) is 5.95 Å². The molecule has 2 N–H and O–H groups in total. The first-order valence-electron chi connectivity index (χ1n) is 6.51. The van der Waals surface area contributed by atoms with Gasteiger partial charge in [0.05, 0.1) is 5.69 Å². The van der Waals surface area contributed by atoms with E-state index in [0.29, 0.717) is 18.2 Å². The monoisotopic (exact) mass is 274 g/mol. The highest BCUT2D eigenvalue weighted by atomic mass is 16.2. The molecule has 1 heterocycles. The molecule has 0 saturated carbocycles. The Labute approximate surface area is 116 Å². The van der Waals surface area contributed by atoms with Crippen molar-refractivity contribution in [1.82, 2.24) is 14.5 Å². The topological polar surface area (TPSA) is 79.8 Å². The van der Waals surface area contributed by atoms with Gasteiger partial charge < -0.3 is 5.32 Å². The average molecular weight is 274 g/mol. The Morgan fingerprint density at radius 2 is 1.90 bits per heavy atom. The predicted octanol–water partition coefficient (Wildman–Crippen LogP) is 1.30. The van der Waals surface area contributed by atoms with E-state index in [0.717, 1.165) is 10.1 Å². The quantitative estimate of drug-likeness (QED) is 0.880. The van der Waals surface area contributed by atoms with Crippen LogP contribution in [0.2, 0.25) is 0 Å². The molecule has 0 spiro atoms. The van der Waals surface area contributed by atoms with Crippen LogP contribution in [0, 0.1) is 12.8 Å². The van der Waals surface area contributed by atoms with Crippen molar-refractivity contribution >= 4 is 5.95 Å². The molecule has 2 aromatic rings. The number of nitrogens with one attached hydrogen (secondary N) is 2. The van der Waals surface area contributed by atoms with Crippen LogP contribution in [-0.4, -0.2) is 21.1 Å². The van der Waals surface area contributed by atoms with Gasteiger partial charge in [0, 0.05) is 6.54 Å². The number of aryl methyl sites for hydroxylation is 1. The molecular formula is C14H18N4O2. The third-order valence-corrected chi connectivity index (χ3v) is 2.80. The standard InChI is InChI=1S/C14H18N4O2/c1-9(2)8-15-12-16-13(19)18(14(20)17-12)11-6-4-10(3)5-7-11/h4-7,9H,8H2,1-3H3,(H2,15,16,17,19,20). The lowest BCUT2D eigenvalue weighted by Gasteiger charge is -2.09. The van der Waals surface area contributed by atoms with Gasteiger partial charge in [-0.2, -0.15) is 4.98 Å². The molecule has 106 valence electrons. The second-order valence-corrected chi connectivity index (χ2v) is 5.12. The molecule has 0 saturated heterocycles. The zero-order valence-corrected chi connectivity index (χ0v) is 11.8. The van der Waals surface area contributed by atoms with Crippen molar-refractivity contribution in [3.8, 4) is 5.69 Å². The van der Waals surface area contributed by atoms with Gasteiger partial charge in [-0.3, -0.25) is 4.98 Å². The molecule has 0 aliphatic heterocycles. The fourth-order valence-electron chi connectivity index (χ4n) is 1.72. The molecule has 0 aliphatic carbocycles. The summed E-state index contributed by atoms with van der Waals surface area (Å²) in [6.07, 6.45) is 0. The van der Waals surface area contributed by atoms with Crippen LogP contribution < -0.4 is 16.7 Å². The summed E-state index contributed by atoms with van der Waals surface area (Å²) < 4.78 is 1.01. The smallest absolute Gasteiger partial charge is 0.355 e. The fourth-order valence-corrected chi connectivity index (χ4v) is 1.72. The van der Waals surface area contributed by atoms with E-state index in [1.807, 2.05) is 32.9 Å². The van der Waals surface area contributed by atoms with E-state index in [1.165, 1.54) is 0 Å². The summed E-state index contributed by atoms with van der Waals surface area (Å²) in [5.41, 5.74) is 0.468. The van der Waals surface area contributed by atoms with Crippen molar-refractivity contribution in [2.24, 2.45) is 5.92 Å². The van der Waals surface area contributed by atoms with Gasteiger partial charge in [0.25, 0.3) is 0 Å². The van der Waals surface area contributed by atoms with Crippen molar-refractivity contribution in [2.75, 3.05) is 11.9 Å². The highest BCUT2D eigenvalue weighted by Crippen LogP contribution is 2.04. The summed E-state index contributed by atoms with van der Waals surface area (Å²) in [6.45, 7) is 6.63.